The summed E-state index contributed by atoms with van der Waals surface area (Å²) in [6, 6.07) is 20.9. The van der Waals surface area contributed by atoms with Crippen molar-refractivity contribution in [1.82, 2.24) is 10.2 Å². The van der Waals surface area contributed by atoms with Crippen LogP contribution in [0.2, 0.25) is 0 Å². The van der Waals surface area contributed by atoms with Crippen molar-refractivity contribution in [2.75, 3.05) is 31.6 Å². The van der Waals surface area contributed by atoms with E-state index in [1.54, 1.807) is 17.0 Å². The van der Waals surface area contributed by atoms with Crippen molar-refractivity contribution in [3.8, 4) is 0 Å². The monoisotopic (exact) mass is 485 g/mol. The number of amides is 2. The highest BCUT2D eigenvalue weighted by atomic mass is 16.5. The third-order valence-corrected chi connectivity index (χ3v) is 8.37. The molecule has 36 heavy (non-hydrogen) atoms. The lowest BCUT2D eigenvalue weighted by molar-refractivity contribution is -0.136. The highest BCUT2D eigenvalue weighted by molar-refractivity contribution is 6.07. The number of nitrogens with one attached hydrogen (secondary N) is 1. The Labute approximate surface area is 210 Å². The van der Waals surface area contributed by atoms with E-state index in [0.717, 1.165) is 31.6 Å². The average molecular weight is 486 g/mol. The number of carbonyl (C=O) groups excluding carboxylic acids is 2. The fourth-order valence-corrected chi connectivity index (χ4v) is 6.66. The van der Waals surface area contributed by atoms with Crippen LogP contribution in [-0.4, -0.2) is 54.8 Å². The second-order valence-corrected chi connectivity index (χ2v) is 10.2. The van der Waals surface area contributed by atoms with Crippen molar-refractivity contribution in [1.29, 1.82) is 0 Å². The van der Waals surface area contributed by atoms with Crippen LogP contribution in [0.4, 0.5) is 10.5 Å². The summed E-state index contributed by atoms with van der Waals surface area (Å²) in [5, 5.41) is 16.6. The molecule has 0 spiro atoms. The molecule has 3 aromatic rings. The summed E-state index contributed by atoms with van der Waals surface area (Å²) < 4.78 is 4.64. The summed E-state index contributed by atoms with van der Waals surface area (Å²) in [5.41, 5.74) is 2.27. The van der Waals surface area contributed by atoms with E-state index in [9.17, 15) is 14.7 Å². The van der Waals surface area contributed by atoms with E-state index in [2.05, 4.69) is 58.3 Å². The third-order valence-electron chi connectivity index (χ3n) is 8.37. The van der Waals surface area contributed by atoms with Gasteiger partial charge in [-0.2, -0.15) is 0 Å². The number of carbonyl (C=O) groups is 2. The first-order valence-corrected chi connectivity index (χ1v) is 12.7. The molecular weight excluding hydrogens is 454 g/mol. The lowest BCUT2D eigenvalue weighted by Crippen LogP contribution is -2.53. The van der Waals surface area contributed by atoms with E-state index in [-0.39, 0.29) is 18.5 Å². The van der Waals surface area contributed by atoms with Crippen LogP contribution < -0.4 is 10.2 Å². The first kappa shape index (κ1) is 23.0. The second-order valence-electron chi connectivity index (χ2n) is 10.2. The van der Waals surface area contributed by atoms with Crippen molar-refractivity contribution in [2.24, 2.45) is 0 Å². The van der Waals surface area contributed by atoms with E-state index in [0.29, 0.717) is 17.5 Å². The molecule has 7 heteroatoms. The van der Waals surface area contributed by atoms with Crippen molar-refractivity contribution >= 4 is 28.5 Å². The zero-order chi connectivity index (χ0) is 25.0. The van der Waals surface area contributed by atoms with Crippen molar-refractivity contribution in [2.45, 2.75) is 43.4 Å². The summed E-state index contributed by atoms with van der Waals surface area (Å²) in [6.07, 6.45) is 0.953. The number of likely N-dealkylation sites (tertiary alicyclic amines) is 1. The van der Waals surface area contributed by atoms with E-state index < -0.39 is 11.7 Å². The van der Waals surface area contributed by atoms with Gasteiger partial charge < -0.3 is 20.1 Å². The van der Waals surface area contributed by atoms with Crippen LogP contribution in [0.25, 0.3) is 10.8 Å². The van der Waals surface area contributed by atoms with Crippen LogP contribution in [-0.2, 0) is 15.1 Å². The normalized spacial score (nSPS) is 25.9. The van der Waals surface area contributed by atoms with Crippen molar-refractivity contribution < 1.29 is 19.4 Å². The summed E-state index contributed by atoms with van der Waals surface area (Å²) in [5.74, 6) is 0.0243. The van der Waals surface area contributed by atoms with Gasteiger partial charge in [0.2, 0.25) is 0 Å². The number of piperidine rings is 1. The highest BCUT2D eigenvalue weighted by Crippen LogP contribution is 2.49. The summed E-state index contributed by atoms with van der Waals surface area (Å²) >= 11 is 0. The molecule has 2 N–H and O–H groups in total. The Balaban J connectivity index is 1.23. The molecule has 2 aliphatic heterocycles. The second kappa shape index (κ2) is 8.61. The third kappa shape index (κ3) is 3.33. The molecule has 1 fully saturated rings. The number of para-hydroxylation sites is 1. The number of nitrogens with zero attached hydrogens (tertiary/aromatic N) is 2. The number of benzene rings is 3. The van der Waals surface area contributed by atoms with E-state index in [1.165, 1.54) is 29.0 Å². The number of fused-ring (bicyclic) bond motifs is 1. The van der Waals surface area contributed by atoms with Crippen LogP contribution in [0.15, 0.2) is 60.7 Å². The maximum Gasteiger partial charge on any atom is 0.406 e. The molecule has 0 bridgehead atoms. The molecule has 186 valence electrons. The van der Waals surface area contributed by atoms with Gasteiger partial charge >= 0.3 is 6.09 Å². The molecule has 2 heterocycles. The van der Waals surface area contributed by atoms with Crippen LogP contribution in [0.3, 0.4) is 0 Å². The minimum atomic E-state index is -1.81. The maximum atomic E-state index is 13.6. The number of alkyl carbamates (subject to hydrolysis) is 1. The van der Waals surface area contributed by atoms with Gasteiger partial charge in [0.25, 0.3) is 5.91 Å². The number of ether oxygens (including phenoxy) is 1. The van der Waals surface area contributed by atoms with Crippen molar-refractivity contribution in [3.05, 3.63) is 77.4 Å². The van der Waals surface area contributed by atoms with Gasteiger partial charge in [-0.25, -0.2) is 4.79 Å². The SMILES string of the molecule is COC(=O)NCC1(O)C(=O)N(C2CCN(C3c4cccc5cccc(c45)[C@H]3C)CC2)c2ccccc21. The number of anilines is 1. The van der Waals surface area contributed by atoms with Crippen LogP contribution >= 0.6 is 0 Å². The molecule has 1 aliphatic carbocycles. The maximum absolute atomic E-state index is 13.6. The molecule has 2 unspecified atom stereocenters. The minimum Gasteiger partial charge on any atom is -0.453 e. The van der Waals surface area contributed by atoms with E-state index in [1.807, 2.05) is 12.1 Å². The molecule has 6 rings (SSSR count). The van der Waals surface area contributed by atoms with Gasteiger partial charge in [0, 0.05) is 36.7 Å². The van der Waals surface area contributed by atoms with E-state index in [4.69, 9.17) is 0 Å². The van der Waals surface area contributed by atoms with Crippen molar-refractivity contribution in [3.63, 3.8) is 0 Å². The van der Waals surface area contributed by atoms with Gasteiger partial charge in [-0.1, -0.05) is 61.5 Å². The van der Waals surface area contributed by atoms with Gasteiger partial charge in [-0.3, -0.25) is 9.69 Å². The fraction of sp³-hybridized carbons (Fsp3) is 0.379. The summed E-state index contributed by atoms with van der Waals surface area (Å²) in [4.78, 5) is 29.6. The number of hydrogen-bond donors (Lipinski definition) is 2. The quantitative estimate of drug-likeness (QED) is 0.583. The Morgan fingerprint density at radius 2 is 1.75 bits per heavy atom. The zero-order valence-electron chi connectivity index (χ0n) is 20.6. The lowest BCUT2D eigenvalue weighted by atomic mass is 9.93. The van der Waals surface area contributed by atoms with Gasteiger partial charge in [0.15, 0.2) is 5.60 Å². The number of methoxy groups -OCH3 is 1. The van der Waals surface area contributed by atoms with Gasteiger partial charge in [0.05, 0.1) is 19.3 Å². The first-order valence-electron chi connectivity index (χ1n) is 12.7. The van der Waals surface area contributed by atoms with Crippen LogP contribution in [0, 0.1) is 0 Å². The molecule has 1 saturated heterocycles. The molecule has 2 amide bonds. The van der Waals surface area contributed by atoms with Crippen LogP contribution in [0.5, 0.6) is 0 Å². The number of rotatable bonds is 4. The molecule has 7 nitrogen and oxygen atoms in total. The fourth-order valence-electron chi connectivity index (χ4n) is 6.66. The average Bonchev–Trinajstić information content (AvgIpc) is 3.32. The Kier molecular flexibility index (Phi) is 5.50. The van der Waals surface area contributed by atoms with Gasteiger partial charge in [0.1, 0.15) is 0 Å². The zero-order valence-corrected chi connectivity index (χ0v) is 20.6. The minimum absolute atomic E-state index is 0.0167. The lowest BCUT2D eigenvalue weighted by Gasteiger charge is -2.41. The molecule has 0 radical (unpaired) electrons. The number of hydrogen-bond acceptors (Lipinski definition) is 5. The Morgan fingerprint density at radius 3 is 2.47 bits per heavy atom. The van der Waals surface area contributed by atoms with E-state index >= 15 is 0 Å². The van der Waals surface area contributed by atoms with Crippen LogP contribution in [0.1, 0.15) is 48.4 Å². The Bertz CT molecular complexity index is 1340. The predicted octanol–water partition coefficient (Wildman–Crippen LogP) is 4.05. The molecular formula is C29H31N3O4. The molecule has 3 aromatic carbocycles. The van der Waals surface area contributed by atoms with Gasteiger partial charge in [-0.05, 0) is 40.8 Å². The molecule has 0 aromatic heterocycles. The highest BCUT2D eigenvalue weighted by Gasteiger charge is 2.52. The van der Waals surface area contributed by atoms with Gasteiger partial charge in [-0.15, -0.1) is 0 Å². The molecule has 0 saturated carbocycles. The molecule has 3 aliphatic rings. The summed E-state index contributed by atoms with van der Waals surface area (Å²) in [6.45, 7) is 3.83. The Hall–Kier alpha value is -3.42. The first-order chi connectivity index (χ1) is 17.4. The summed E-state index contributed by atoms with van der Waals surface area (Å²) in [7, 11) is 1.26. The standard InChI is InChI=1S/C29H31N3O4/c1-18-21-9-5-7-19-8-6-10-22(25(19)21)26(18)31-15-13-20(14-16-31)32-24-12-4-3-11-23(24)29(35,27(32)33)17-30-28(34)36-2/h3-12,18,20,26,35H,13-17H2,1-2H3,(H,30,34)/t18-,26?,29?/m1/s1. The predicted molar refractivity (Wildman–Crippen MR) is 138 cm³/mol. The molecule has 3 atom stereocenters. The topological polar surface area (TPSA) is 82.1 Å². The Morgan fingerprint density at radius 1 is 1.06 bits per heavy atom. The smallest absolute Gasteiger partial charge is 0.406 e. The largest absolute Gasteiger partial charge is 0.453 e. The number of aliphatic hydroxyl groups is 1.